The third-order valence-corrected chi connectivity index (χ3v) is 5.11. The number of morpholine rings is 1. The molecule has 2 aliphatic rings. The number of pyridine rings is 1. The van der Waals surface area contributed by atoms with E-state index >= 15 is 0 Å². The molecule has 8 nitrogen and oxygen atoms in total. The zero-order chi connectivity index (χ0) is 19.6. The molecule has 1 amide bonds. The molecule has 1 fully saturated rings. The molecule has 2 aromatic heterocycles. The monoisotopic (exact) mass is 388 g/mol. The highest BCUT2D eigenvalue weighted by Gasteiger charge is 2.19. The summed E-state index contributed by atoms with van der Waals surface area (Å²) in [7, 11) is 0. The fourth-order valence-corrected chi connectivity index (χ4v) is 3.51. The first-order valence-corrected chi connectivity index (χ1v) is 9.57. The first-order chi connectivity index (χ1) is 14.3. The van der Waals surface area contributed by atoms with Crippen molar-refractivity contribution in [2.24, 2.45) is 0 Å². The summed E-state index contributed by atoms with van der Waals surface area (Å²) in [5.41, 5.74) is 4.42. The minimum absolute atomic E-state index is 0.0323. The van der Waals surface area contributed by atoms with Crippen LogP contribution in [0.5, 0.6) is 0 Å². The molecule has 0 atom stereocenters. The van der Waals surface area contributed by atoms with Gasteiger partial charge in [-0.25, -0.2) is 9.67 Å². The van der Waals surface area contributed by atoms with Gasteiger partial charge in [0, 0.05) is 42.5 Å². The van der Waals surface area contributed by atoms with Crippen LogP contribution in [0.4, 0.5) is 5.82 Å². The van der Waals surface area contributed by atoms with Crippen LogP contribution in [-0.4, -0.2) is 63.6 Å². The van der Waals surface area contributed by atoms with Crippen molar-refractivity contribution in [3.63, 3.8) is 0 Å². The summed E-state index contributed by atoms with van der Waals surface area (Å²) in [6, 6.07) is 11.4. The van der Waals surface area contributed by atoms with Crippen molar-refractivity contribution in [1.82, 2.24) is 24.9 Å². The van der Waals surface area contributed by atoms with E-state index in [0.29, 0.717) is 38.4 Å². The lowest BCUT2D eigenvalue weighted by molar-refractivity contribution is 0.0303. The molecule has 1 saturated heterocycles. The van der Waals surface area contributed by atoms with E-state index in [9.17, 15) is 4.79 Å². The van der Waals surface area contributed by atoms with Gasteiger partial charge in [0.2, 0.25) is 0 Å². The third kappa shape index (κ3) is 3.50. The SMILES string of the molecule is O=C(c1ccc(-n2cc(C3=Cc4cccnc4NC3)nn2)cc1)N1CCOCC1. The molecule has 146 valence electrons. The molecule has 5 rings (SSSR count). The molecule has 4 heterocycles. The molecule has 0 saturated carbocycles. The minimum atomic E-state index is 0.0323. The number of nitrogens with one attached hydrogen (secondary N) is 1. The van der Waals surface area contributed by atoms with E-state index in [0.717, 1.165) is 28.3 Å². The van der Waals surface area contributed by atoms with Crippen molar-refractivity contribution in [2.75, 3.05) is 38.2 Å². The van der Waals surface area contributed by atoms with E-state index in [1.54, 1.807) is 10.9 Å². The van der Waals surface area contributed by atoms with Crippen LogP contribution in [0, 0.1) is 0 Å². The summed E-state index contributed by atoms with van der Waals surface area (Å²) >= 11 is 0. The Morgan fingerprint density at radius 3 is 2.76 bits per heavy atom. The molecule has 0 bridgehead atoms. The number of benzene rings is 1. The van der Waals surface area contributed by atoms with Gasteiger partial charge < -0.3 is 15.0 Å². The molecule has 0 spiro atoms. The Kier molecular flexibility index (Phi) is 4.53. The topological polar surface area (TPSA) is 85.2 Å². The lowest BCUT2D eigenvalue weighted by atomic mass is 10.1. The molecular formula is C21H20N6O2. The fraction of sp³-hybridized carbons (Fsp3) is 0.238. The molecule has 29 heavy (non-hydrogen) atoms. The number of carbonyl (C=O) groups is 1. The molecule has 2 aliphatic heterocycles. The summed E-state index contributed by atoms with van der Waals surface area (Å²) in [5, 5.41) is 11.9. The quantitative estimate of drug-likeness (QED) is 0.740. The molecule has 0 aliphatic carbocycles. The van der Waals surface area contributed by atoms with Crippen molar-refractivity contribution in [1.29, 1.82) is 0 Å². The third-order valence-electron chi connectivity index (χ3n) is 5.11. The Hall–Kier alpha value is -3.52. The lowest BCUT2D eigenvalue weighted by Crippen LogP contribution is -2.40. The average molecular weight is 388 g/mol. The second kappa shape index (κ2) is 7.48. The number of hydrogen-bond donors (Lipinski definition) is 1. The van der Waals surface area contributed by atoms with Crippen LogP contribution < -0.4 is 5.32 Å². The van der Waals surface area contributed by atoms with Crippen LogP contribution in [0.1, 0.15) is 21.6 Å². The highest BCUT2D eigenvalue weighted by Crippen LogP contribution is 2.25. The summed E-state index contributed by atoms with van der Waals surface area (Å²) in [6.07, 6.45) is 5.75. The fourth-order valence-electron chi connectivity index (χ4n) is 3.51. The van der Waals surface area contributed by atoms with E-state index < -0.39 is 0 Å². The number of anilines is 1. The molecule has 1 aromatic carbocycles. The van der Waals surface area contributed by atoms with Gasteiger partial charge in [0.05, 0.1) is 25.1 Å². The summed E-state index contributed by atoms with van der Waals surface area (Å²) in [6.45, 7) is 3.10. The Morgan fingerprint density at radius 2 is 1.93 bits per heavy atom. The number of aromatic nitrogens is 4. The van der Waals surface area contributed by atoms with Gasteiger partial charge in [-0.05, 0) is 42.5 Å². The molecule has 8 heteroatoms. The lowest BCUT2D eigenvalue weighted by Gasteiger charge is -2.26. The summed E-state index contributed by atoms with van der Waals surface area (Å²) in [4.78, 5) is 18.7. The van der Waals surface area contributed by atoms with E-state index in [2.05, 4.69) is 26.7 Å². The Morgan fingerprint density at radius 1 is 1.10 bits per heavy atom. The Labute approximate surface area is 167 Å². The predicted octanol–water partition coefficient (Wildman–Crippen LogP) is 2.10. The van der Waals surface area contributed by atoms with Gasteiger partial charge in [-0.15, -0.1) is 5.10 Å². The first-order valence-electron chi connectivity index (χ1n) is 9.57. The molecular weight excluding hydrogens is 368 g/mol. The van der Waals surface area contributed by atoms with Gasteiger partial charge in [0.15, 0.2) is 0 Å². The smallest absolute Gasteiger partial charge is 0.254 e. The highest BCUT2D eigenvalue weighted by atomic mass is 16.5. The van der Waals surface area contributed by atoms with E-state index in [-0.39, 0.29) is 5.91 Å². The van der Waals surface area contributed by atoms with Crippen molar-refractivity contribution < 1.29 is 9.53 Å². The first kappa shape index (κ1) is 17.6. The van der Waals surface area contributed by atoms with Crippen LogP contribution in [0.25, 0.3) is 17.3 Å². The number of amides is 1. The van der Waals surface area contributed by atoms with Crippen LogP contribution in [-0.2, 0) is 4.74 Å². The van der Waals surface area contributed by atoms with Gasteiger partial charge >= 0.3 is 0 Å². The number of rotatable bonds is 3. The average Bonchev–Trinajstić information content (AvgIpc) is 3.29. The van der Waals surface area contributed by atoms with Gasteiger partial charge in [0.1, 0.15) is 11.5 Å². The maximum Gasteiger partial charge on any atom is 0.254 e. The van der Waals surface area contributed by atoms with Crippen molar-refractivity contribution in [2.45, 2.75) is 0 Å². The zero-order valence-corrected chi connectivity index (χ0v) is 15.8. The van der Waals surface area contributed by atoms with Crippen molar-refractivity contribution >= 4 is 23.4 Å². The summed E-state index contributed by atoms with van der Waals surface area (Å²) in [5.74, 6) is 0.911. The number of nitrogens with zero attached hydrogens (tertiary/aromatic N) is 5. The molecule has 0 radical (unpaired) electrons. The van der Waals surface area contributed by atoms with Crippen LogP contribution in [0.15, 0.2) is 48.8 Å². The van der Waals surface area contributed by atoms with Crippen LogP contribution >= 0.6 is 0 Å². The van der Waals surface area contributed by atoms with Crippen molar-refractivity contribution in [3.05, 3.63) is 65.6 Å². The maximum absolute atomic E-state index is 12.6. The van der Waals surface area contributed by atoms with Gasteiger partial charge in [0.25, 0.3) is 5.91 Å². The predicted molar refractivity (Wildman–Crippen MR) is 109 cm³/mol. The zero-order valence-electron chi connectivity index (χ0n) is 15.8. The van der Waals surface area contributed by atoms with E-state index in [1.165, 1.54) is 0 Å². The standard InChI is InChI=1S/C21H20N6O2/c28-21(26-8-10-29-11-9-26)15-3-5-18(6-4-15)27-14-19(24-25-27)17-12-16-2-1-7-22-20(16)23-13-17/h1-7,12,14H,8-11,13H2,(H,22,23). The summed E-state index contributed by atoms with van der Waals surface area (Å²) < 4.78 is 7.03. The Bertz CT molecular complexity index is 1070. The maximum atomic E-state index is 12.6. The molecule has 1 N–H and O–H groups in total. The second-order valence-electron chi connectivity index (χ2n) is 6.96. The number of ether oxygens (including phenoxy) is 1. The van der Waals surface area contributed by atoms with Gasteiger partial charge in [-0.2, -0.15) is 0 Å². The van der Waals surface area contributed by atoms with Crippen LogP contribution in [0.2, 0.25) is 0 Å². The number of fused-ring (bicyclic) bond motifs is 1. The van der Waals surface area contributed by atoms with Crippen molar-refractivity contribution in [3.8, 4) is 5.69 Å². The Balaban J connectivity index is 1.34. The van der Waals surface area contributed by atoms with Gasteiger partial charge in [-0.1, -0.05) is 5.21 Å². The van der Waals surface area contributed by atoms with Gasteiger partial charge in [-0.3, -0.25) is 4.79 Å². The number of carbonyl (C=O) groups excluding carboxylic acids is 1. The normalized spacial score (nSPS) is 16.0. The van der Waals surface area contributed by atoms with Crippen LogP contribution in [0.3, 0.4) is 0 Å². The van der Waals surface area contributed by atoms with E-state index in [1.807, 2.05) is 47.5 Å². The molecule has 3 aromatic rings. The largest absolute Gasteiger partial charge is 0.378 e. The number of hydrogen-bond acceptors (Lipinski definition) is 6. The second-order valence-corrected chi connectivity index (χ2v) is 6.96. The highest BCUT2D eigenvalue weighted by molar-refractivity contribution is 5.94. The minimum Gasteiger partial charge on any atom is -0.378 e. The molecule has 0 unspecified atom stereocenters. The van der Waals surface area contributed by atoms with E-state index in [4.69, 9.17) is 4.74 Å².